The summed E-state index contributed by atoms with van der Waals surface area (Å²) in [5, 5.41) is 23.0. The average molecular weight is 447 g/mol. The third kappa shape index (κ3) is 5.18. The number of H-pyrrole nitrogens is 1. The number of aromatic nitrogens is 5. The maximum atomic E-state index is 12.9. The molecule has 1 atom stereocenters. The first kappa shape index (κ1) is 22.8. The quantitative estimate of drug-likeness (QED) is 0.388. The summed E-state index contributed by atoms with van der Waals surface area (Å²) in [6, 6.07) is 17.9. The van der Waals surface area contributed by atoms with Crippen molar-refractivity contribution < 1.29 is 5.11 Å². The first-order chi connectivity index (χ1) is 16.1. The van der Waals surface area contributed by atoms with Crippen molar-refractivity contribution in [1.29, 1.82) is 0 Å². The van der Waals surface area contributed by atoms with Crippen molar-refractivity contribution in [2.45, 2.75) is 45.8 Å². The van der Waals surface area contributed by atoms with Gasteiger partial charge in [0.05, 0.1) is 18.1 Å². The van der Waals surface area contributed by atoms with Crippen LogP contribution >= 0.6 is 0 Å². The first-order valence-electron chi connectivity index (χ1n) is 11.4. The summed E-state index contributed by atoms with van der Waals surface area (Å²) >= 11 is 0. The molecule has 8 nitrogen and oxygen atoms in total. The topological polar surface area (TPSA) is 99.9 Å². The summed E-state index contributed by atoms with van der Waals surface area (Å²) in [7, 11) is 0. The number of tetrazole rings is 1. The number of aryl methyl sites for hydroxylation is 1. The van der Waals surface area contributed by atoms with Crippen molar-refractivity contribution in [3.8, 4) is 0 Å². The Hall–Kier alpha value is -3.36. The lowest BCUT2D eigenvalue weighted by atomic mass is 10.1. The van der Waals surface area contributed by atoms with Crippen LogP contribution in [0.5, 0.6) is 0 Å². The minimum atomic E-state index is -0.0946. The molecule has 0 aliphatic carbocycles. The van der Waals surface area contributed by atoms with Crippen LogP contribution < -0.4 is 5.56 Å². The Morgan fingerprint density at radius 3 is 2.73 bits per heavy atom. The summed E-state index contributed by atoms with van der Waals surface area (Å²) < 4.78 is 1.82. The smallest absolute Gasteiger partial charge is 0.252 e. The molecule has 172 valence electrons. The minimum Gasteiger partial charge on any atom is -0.396 e. The van der Waals surface area contributed by atoms with Gasteiger partial charge in [-0.3, -0.25) is 9.69 Å². The van der Waals surface area contributed by atoms with E-state index in [0.717, 1.165) is 34.3 Å². The van der Waals surface area contributed by atoms with Crippen molar-refractivity contribution in [3.63, 3.8) is 0 Å². The number of rotatable bonds is 10. The number of fused-ring (bicyclic) bond motifs is 1. The van der Waals surface area contributed by atoms with E-state index < -0.39 is 0 Å². The number of aromatic amines is 1. The van der Waals surface area contributed by atoms with E-state index in [9.17, 15) is 9.90 Å². The summed E-state index contributed by atoms with van der Waals surface area (Å²) in [5.41, 5.74) is 3.62. The maximum Gasteiger partial charge on any atom is 0.252 e. The predicted molar refractivity (Wildman–Crippen MR) is 128 cm³/mol. The van der Waals surface area contributed by atoms with Gasteiger partial charge in [0.1, 0.15) is 0 Å². The van der Waals surface area contributed by atoms with Crippen LogP contribution in [0.15, 0.2) is 59.4 Å². The molecule has 0 amide bonds. The second-order valence-electron chi connectivity index (χ2n) is 8.31. The Morgan fingerprint density at radius 2 is 1.97 bits per heavy atom. The predicted octanol–water partition coefficient (Wildman–Crippen LogP) is 3.21. The summed E-state index contributed by atoms with van der Waals surface area (Å²) in [6.07, 6.45) is 1.37. The molecule has 0 unspecified atom stereocenters. The SMILES string of the molecule is CC[C@@H](c1nnnn1Cc1ccccc1)N(CCCO)Cc1cc2cccc(C)c2[nH]c1=O. The van der Waals surface area contributed by atoms with Crippen LogP contribution in [0.2, 0.25) is 0 Å². The van der Waals surface area contributed by atoms with Gasteiger partial charge in [0.15, 0.2) is 5.82 Å². The van der Waals surface area contributed by atoms with Crippen molar-refractivity contribution >= 4 is 10.9 Å². The molecule has 4 rings (SSSR count). The van der Waals surface area contributed by atoms with Crippen LogP contribution in [0.25, 0.3) is 10.9 Å². The lowest BCUT2D eigenvalue weighted by Crippen LogP contribution is -2.34. The molecule has 0 saturated heterocycles. The number of hydrogen-bond acceptors (Lipinski definition) is 6. The van der Waals surface area contributed by atoms with E-state index in [-0.39, 0.29) is 18.2 Å². The van der Waals surface area contributed by atoms with E-state index in [2.05, 4.69) is 32.3 Å². The maximum absolute atomic E-state index is 12.9. The third-order valence-electron chi connectivity index (χ3n) is 6.00. The fourth-order valence-corrected chi connectivity index (χ4v) is 4.31. The number of nitrogens with one attached hydrogen (secondary N) is 1. The molecule has 0 aliphatic rings. The van der Waals surface area contributed by atoms with Crippen molar-refractivity contribution in [1.82, 2.24) is 30.1 Å². The van der Waals surface area contributed by atoms with Gasteiger partial charge < -0.3 is 10.1 Å². The standard InChI is InChI=1S/C25H30N6O2/c1-3-22(24-27-28-29-31(24)16-19-10-5-4-6-11-19)30(13-8-14-32)17-21-15-20-12-7-9-18(2)23(20)26-25(21)33/h4-7,9-12,15,22,32H,3,8,13-14,16-17H2,1-2H3,(H,26,33)/t22-/m0/s1. The second-order valence-corrected chi connectivity index (χ2v) is 8.31. The second kappa shape index (κ2) is 10.5. The van der Waals surface area contributed by atoms with Crippen LogP contribution in [0, 0.1) is 6.92 Å². The molecule has 2 aromatic heterocycles. The molecule has 2 heterocycles. The van der Waals surface area contributed by atoms with Gasteiger partial charge in [0.25, 0.3) is 5.56 Å². The molecule has 0 radical (unpaired) electrons. The molecular weight excluding hydrogens is 416 g/mol. The van der Waals surface area contributed by atoms with Crippen molar-refractivity contribution in [2.75, 3.05) is 13.2 Å². The number of hydrogen-bond donors (Lipinski definition) is 2. The molecule has 0 fully saturated rings. The molecule has 2 N–H and O–H groups in total. The van der Waals surface area contributed by atoms with Gasteiger partial charge in [-0.1, -0.05) is 55.5 Å². The van der Waals surface area contributed by atoms with E-state index in [1.54, 1.807) is 0 Å². The fourth-order valence-electron chi connectivity index (χ4n) is 4.31. The molecule has 0 bridgehead atoms. The highest BCUT2D eigenvalue weighted by Crippen LogP contribution is 2.25. The van der Waals surface area contributed by atoms with Crippen molar-refractivity contribution in [3.05, 3.63) is 87.5 Å². The number of para-hydroxylation sites is 1. The normalized spacial score (nSPS) is 12.5. The Bertz CT molecular complexity index is 1250. The van der Waals surface area contributed by atoms with Crippen LogP contribution in [0.4, 0.5) is 0 Å². The summed E-state index contributed by atoms with van der Waals surface area (Å²) in [6.45, 7) is 5.80. The van der Waals surface area contributed by atoms with Gasteiger partial charge in [-0.05, 0) is 52.8 Å². The minimum absolute atomic E-state index is 0.0785. The highest BCUT2D eigenvalue weighted by atomic mass is 16.3. The lowest BCUT2D eigenvalue weighted by Gasteiger charge is -2.30. The number of benzene rings is 2. The molecule has 0 aliphatic heterocycles. The van der Waals surface area contributed by atoms with Gasteiger partial charge in [-0.2, -0.15) is 0 Å². The molecule has 8 heteroatoms. The molecule has 4 aromatic rings. The third-order valence-corrected chi connectivity index (χ3v) is 6.00. The Labute approximate surface area is 192 Å². The average Bonchev–Trinajstić information content (AvgIpc) is 3.27. The first-order valence-corrected chi connectivity index (χ1v) is 11.4. The molecule has 0 spiro atoms. The Balaban J connectivity index is 1.66. The van der Waals surface area contributed by atoms with Gasteiger partial charge >= 0.3 is 0 Å². The Morgan fingerprint density at radius 1 is 1.15 bits per heavy atom. The molecule has 33 heavy (non-hydrogen) atoms. The number of nitrogens with zero attached hydrogens (tertiary/aromatic N) is 5. The van der Waals surface area contributed by atoms with E-state index in [1.165, 1.54) is 0 Å². The van der Waals surface area contributed by atoms with Crippen LogP contribution in [0.3, 0.4) is 0 Å². The zero-order valence-electron chi connectivity index (χ0n) is 19.1. The highest BCUT2D eigenvalue weighted by Gasteiger charge is 2.25. The molecular formula is C25H30N6O2. The van der Waals surface area contributed by atoms with Gasteiger partial charge in [0, 0.05) is 25.3 Å². The van der Waals surface area contributed by atoms with E-state index in [1.807, 2.05) is 66.2 Å². The van der Waals surface area contributed by atoms with Crippen molar-refractivity contribution in [2.24, 2.45) is 0 Å². The monoisotopic (exact) mass is 446 g/mol. The van der Waals surface area contributed by atoms with Gasteiger partial charge in [0.2, 0.25) is 0 Å². The number of aliphatic hydroxyl groups is 1. The van der Waals surface area contributed by atoms with Crippen LogP contribution in [-0.4, -0.2) is 48.3 Å². The molecule has 2 aromatic carbocycles. The van der Waals surface area contributed by atoms with E-state index >= 15 is 0 Å². The number of aliphatic hydroxyl groups excluding tert-OH is 1. The van der Waals surface area contributed by atoms with Gasteiger partial charge in [-0.25, -0.2) is 4.68 Å². The van der Waals surface area contributed by atoms with E-state index in [4.69, 9.17) is 0 Å². The van der Waals surface area contributed by atoms with Crippen LogP contribution in [0.1, 0.15) is 48.3 Å². The lowest BCUT2D eigenvalue weighted by molar-refractivity contribution is 0.152. The van der Waals surface area contributed by atoms with Gasteiger partial charge in [-0.15, -0.1) is 5.10 Å². The zero-order chi connectivity index (χ0) is 23.2. The molecule has 0 saturated carbocycles. The zero-order valence-corrected chi connectivity index (χ0v) is 19.1. The largest absolute Gasteiger partial charge is 0.396 e. The van der Waals surface area contributed by atoms with Crippen LogP contribution in [-0.2, 0) is 13.1 Å². The fraction of sp³-hybridized carbons (Fsp3) is 0.360. The summed E-state index contributed by atoms with van der Waals surface area (Å²) in [5.74, 6) is 0.757. The van der Waals surface area contributed by atoms with E-state index in [0.29, 0.717) is 31.6 Å². The summed E-state index contributed by atoms with van der Waals surface area (Å²) in [4.78, 5) is 18.2. The Kier molecular flexibility index (Phi) is 7.26. The highest BCUT2D eigenvalue weighted by molar-refractivity contribution is 5.81. The number of pyridine rings is 1.